The van der Waals surface area contributed by atoms with Crippen molar-refractivity contribution in [2.75, 3.05) is 10.6 Å². The normalized spacial score (nSPS) is 10.4. The summed E-state index contributed by atoms with van der Waals surface area (Å²) in [5, 5.41) is 13.0. The molecule has 1 heterocycles. The number of amides is 1. The number of rotatable bonds is 6. The van der Waals surface area contributed by atoms with Crippen LogP contribution >= 0.6 is 0 Å². The number of aryl methyl sites for hydroxylation is 1. The van der Waals surface area contributed by atoms with Crippen molar-refractivity contribution in [3.05, 3.63) is 77.6 Å². The number of carbonyl (C=O) groups is 1. The van der Waals surface area contributed by atoms with Crippen LogP contribution in [0.2, 0.25) is 0 Å². The molecule has 5 heteroatoms. The molecule has 0 bridgehead atoms. The van der Waals surface area contributed by atoms with Crippen LogP contribution in [0.5, 0.6) is 0 Å². The minimum absolute atomic E-state index is 0.0793. The van der Waals surface area contributed by atoms with Crippen molar-refractivity contribution in [2.45, 2.75) is 19.9 Å². The number of nitrogens with one attached hydrogen (secondary N) is 3. The summed E-state index contributed by atoms with van der Waals surface area (Å²) in [5.41, 5.74) is 4.94. The molecule has 0 radical (unpaired) electrons. The van der Waals surface area contributed by atoms with Crippen LogP contribution in [0.4, 0.5) is 11.4 Å². The fraction of sp³-hybridized carbons (Fsp3) is 0.158. The molecule has 3 rings (SSSR count). The summed E-state index contributed by atoms with van der Waals surface area (Å²) < 4.78 is 0. The van der Waals surface area contributed by atoms with E-state index in [4.69, 9.17) is 0 Å². The third-order valence-electron chi connectivity index (χ3n) is 3.84. The van der Waals surface area contributed by atoms with Crippen LogP contribution in [0, 0.1) is 6.92 Å². The molecular weight excluding hydrogens is 300 g/mol. The molecule has 0 unspecified atom stereocenters. The molecule has 1 aromatic heterocycles. The molecule has 0 atom stereocenters. The highest BCUT2D eigenvalue weighted by atomic mass is 16.1. The zero-order valence-corrected chi connectivity index (χ0v) is 13.5. The number of H-pyrrole nitrogens is 1. The van der Waals surface area contributed by atoms with Crippen LogP contribution in [0.3, 0.4) is 0 Å². The van der Waals surface area contributed by atoms with Gasteiger partial charge in [0, 0.05) is 18.4 Å². The summed E-state index contributed by atoms with van der Waals surface area (Å²) in [6.45, 7) is 2.80. The van der Waals surface area contributed by atoms with Gasteiger partial charge in [0.25, 0.3) is 0 Å². The Kier molecular flexibility index (Phi) is 4.91. The Morgan fingerprint density at radius 1 is 1.04 bits per heavy atom. The number of hydrogen-bond acceptors (Lipinski definition) is 3. The van der Waals surface area contributed by atoms with Gasteiger partial charge < -0.3 is 10.6 Å². The van der Waals surface area contributed by atoms with Gasteiger partial charge >= 0.3 is 0 Å². The lowest BCUT2D eigenvalue weighted by molar-refractivity contribution is -0.115. The molecule has 0 spiro atoms. The van der Waals surface area contributed by atoms with Gasteiger partial charge in [0.1, 0.15) is 0 Å². The molecule has 0 saturated carbocycles. The van der Waals surface area contributed by atoms with Crippen molar-refractivity contribution in [2.24, 2.45) is 0 Å². The minimum atomic E-state index is -0.0793. The van der Waals surface area contributed by atoms with Gasteiger partial charge in [-0.05, 0) is 36.2 Å². The summed E-state index contributed by atoms with van der Waals surface area (Å²) in [6, 6.07) is 17.8. The van der Waals surface area contributed by atoms with Gasteiger partial charge in [-0.3, -0.25) is 9.89 Å². The predicted octanol–water partition coefficient (Wildman–Crippen LogP) is 3.51. The summed E-state index contributed by atoms with van der Waals surface area (Å²) >= 11 is 0. The number of aromatic nitrogens is 2. The number of aromatic amines is 1. The van der Waals surface area contributed by atoms with Crippen molar-refractivity contribution in [1.29, 1.82) is 0 Å². The van der Waals surface area contributed by atoms with Crippen molar-refractivity contribution in [1.82, 2.24) is 10.2 Å². The summed E-state index contributed by atoms with van der Waals surface area (Å²) in [7, 11) is 0. The van der Waals surface area contributed by atoms with Gasteiger partial charge in [-0.25, -0.2) is 0 Å². The third kappa shape index (κ3) is 4.01. The molecule has 0 fully saturated rings. The topological polar surface area (TPSA) is 69.8 Å². The first-order valence-electron chi connectivity index (χ1n) is 7.88. The molecule has 0 aliphatic rings. The Balaban J connectivity index is 1.66. The lowest BCUT2D eigenvalue weighted by Gasteiger charge is -2.14. The van der Waals surface area contributed by atoms with Gasteiger partial charge in [0.2, 0.25) is 5.91 Å². The molecule has 3 N–H and O–H groups in total. The van der Waals surface area contributed by atoms with Gasteiger partial charge in [-0.15, -0.1) is 0 Å². The van der Waals surface area contributed by atoms with Crippen LogP contribution in [0.15, 0.2) is 60.8 Å². The molecule has 122 valence electrons. The average molecular weight is 320 g/mol. The van der Waals surface area contributed by atoms with Gasteiger partial charge in [-0.1, -0.05) is 36.4 Å². The van der Waals surface area contributed by atoms with E-state index in [2.05, 4.69) is 39.9 Å². The SMILES string of the molecule is Cc1ccccc1CNc1ccccc1NC(=O)Cc1ccn[nH]1. The maximum Gasteiger partial charge on any atom is 0.230 e. The molecule has 0 aliphatic carbocycles. The van der Waals surface area contributed by atoms with E-state index in [0.29, 0.717) is 6.54 Å². The predicted molar refractivity (Wildman–Crippen MR) is 95.9 cm³/mol. The molecule has 0 aliphatic heterocycles. The lowest BCUT2D eigenvalue weighted by atomic mass is 10.1. The van der Waals surface area contributed by atoms with E-state index < -0.39 is 0 Å². The van der Waals surface area contributed by atoms with Crippen molar-refractivity contribution in [3.63, 3.8) is 0 Å². The highest BCUT2D eigenvalue weighted by Gasteiger charge is 2.08. The van der Waals surface area contributed by atoms with Gasteiger partial charge in [0.15, 0.2) is 0 Å². The van der Waals surface area contributed by atoms with E-state index in [0.717, 1.165) is 17.1 Å². The molecule has 3 aromatic rings. The molecular formula is C19H20N4O. The highest BCUT2D eigenvalue weighted by Crippen LogP contribution is 2.22. The third-order valence-corrected chi connectivity index (χ3v) is 3.84. The Hall–Kier alpha value is -3.08. The zero-order valence-electron chi connectivity index (χ0n) is 13.5. The Labute approximate surface area is 141 Å². The van der Waals surface area contributed by atoms with E-state index in [-0.39, 0.29) is 12.3 Å². The molecule has 24 heavy (non-hydrogen) atoms. The van der Waals surface area contributed by atoms with E-state index in [1.54, 1.807) is 12.3 Å². The quantitative estimate of drug-likeness (QED) is 0.651. The first-order chi connectivity index (χ1) is 11.7. The van der Waals surface area contributed by atoms with Crippen molar-refractivity contribution >= 4 is 17.3 Å². The van der Waals surface area contributed by atoms with Crippen LogP contribution < -0.4 is 10.6 Å². The zero-order chi connectivity index (χ0) is 16.8. The second kappa shape index (κ2) is 7.46. The number of nitrogens with zero attached hydrogens (tertiary/aromatic N) is 1. The summed E-state index contributed by atoms with van der Waals surface area (Å²) in [4.78, 5) is 12.2. The van der Waals surface area contributed by atoms with Crippen LogP contribution in [-0.2, 0) is 17.8 Å². The van der Waals surface area contributed by atoms with Gasteiger partial charge in [0.05, 0.1) is 17.8 Å². The fourth-order valence-corrected chi connectivity index (χ4v) is 2.50. The Bertz CT molecular complexity index is 812. The lowest BCUT2D eigenvalue weighted by Crippen LogP contribution is -2.16. The standard InChI is InChI=1S/C19H20N4O/c1-14-6-2-3-7-15(14)13-20-17-8-4-5-9-18(17)22-19(24)12-16-10-11-21-23-16/h2-11,20H,12-13H2,1H3,(H,21,23)(H,22,24). The van der Waals surface area contributed by atoms with E-state index in [9.17, 15) is 4.79 Å². The number of hydrogen-bond donors (Lipinski definition) is 3. The monoisotopic (exact) mass is 320 g/mol. The first kappa shape index (κ1) is 15.8. The first-order valence-corrected chi connectivity index (χ1v) is 7.88. The Morgan fingerprint density at radius 3 is 2.54 bits per heavy atom. The summed E-state index contributed by atoms with van der Waals surface area (Å²) in [6.07, 6.45) is 1.91. The maximum absolute atomic E-state index is 12.2. The van der Waals surface area contributed by atoms with E-state index in [1.165, 1.54) is 11.1 Å². The average Bonchev–Trinajstić information content (AvgIpc) is 3.08. The molecule has 2 aromatic carbocycles. The largest absolute Gasteiger partial charge is 0.379 e. The minimum Gasteiger partial charge on any atom is -0.379 e. The number of para-hydroxylation sites is 2. The fourth-order valence-electron chi connectivity index (χ4n) is 2.50. The summed E-state index contributed by atoms with van der Waals surface area (Å²) in [5.74, 6) is -0.0793. The van der Waals surface area contributed by atoms with Crippen LogP contribution in [0.1, 0.15) is 16.8 Å². The molecule has 1 amide bonds. The second-order valence-electron chi connectivity index (χ2n) is 5.63. The smallest absolute Gasteiger partial charge is 0.230 e. The van der Waals surface area contributed by atoms with Gasteiger partial charge in [-0.2, -0.15) is 5.10 Å². The number of benzene rings is 2. The van der Waals surface area contributed by atoms with Crippen molar-refractivity contribution in [3.8, 4) is 0 Å². The second-order valence-corrected chi connectivity index (χ2v) is 5.63. The highest BCUT2D eigenvalue weighted by molar-refractivity contribution is 5.95. The molecule has 0 saturated heterocycles. The number of anilines is 2. The van der Waals surface area contributed by atoms with E-state index >= 15 is 0 Å². The van der Waals surface area contributed by atoms with Crippen molar-refractivity contribution < 1.29 is 4.79 Å². The van der Waals surface area contributed by atoms with Crippen LogP contribution in [0.25, 0.3) is 0 Å². The number of carbonyl (C=O) groups excluding carboxylic acids is 1. The Morgan fingerprint density at radius 2 is 1.79 bits per heavy atom. The maximum atomic E-state index is 12.2. The van der Waals surface area contributed by atoms with E-state index in [1.807, 2.05) is 36.4 Å². The van der Waals surface area contributed by atoms with Crippen LogP contribution in [-0.4, -0.2) is 16.1 Å². The molecule has 5 nitrogen and oxygen atoms in total.